The van der Waals surface area contributed by atoms with Crippen LogP contribution in [0, 0.1) is 0 Å². The van der Waals surface area contributed by atoms with Crippen molar-refractivity contribution in [2.75, 3.05) is 12.3 Å². The molecule has 5 heteroatoms. The number of rotatable bonds is 6. The number of furan rings is 1. The van der Waals surface area contributed by atoms with E-state index in [-0.39, 0.29) is 11.9 Å². The van der Waals surface area contributed by atoms with Crippen molar-refractivity contribution in [2.45, 2.75) is 26.3 Å². The van der Waals surface area contributed by atoms with Crippen LogP contribution in [0.15, 0.2) is 41.0 Å². The molecule has 3 N–H and O–H groups in total. The van der Waals surface area contributed by atoms with E-state index in [1.165, 1.54) is 0 Å². The van der Waals surface area contributed by atoms with Crippen LogP contribution in [0.5, 0.6) is 5.75 Å². The van der Waals surface area contributed by atoms with Crippen LogP contribution >= 0.6 is 0 Å². The van der Waals surface area contributed by atoms with Crippen molar-refractivity contribution in [1.82, 2.24) is 5.32 Å². The van der Waals surface area contributed by atoms with E-state index in [9.17, 15) is 4.79 Å². The van der Waals surface area contributed by atoms with Crippen molar-refractivity contribution in [1.29, 1.82) is 0 Å². The number of amides is 1. The van der Waals surface area contributed by atoms with Crippen molar-refractivity contribution in [2.24, 2.45) is 0 Å². The lowest BCUT2D eigenvalue weighted by molar-refractivity contribution is 0.0939. The fourth-order valence-corrected chi connectivity index (χ4v) is 2.09. The Kier molecular flexibility index (Phi) is 4.87. The topological polar surface area (TPSA) is 77.5 Å². The SMILES string of the molecule is CCOc1cc(N)cc(C(=O)NC(C)Cc2ccco2)c1. The molecule has 1 aromatic heterocycles. The molecular weight excluding hydrogens is 268 g/mol. The Labute approximate surface area is 124 Å². The molecule has 1 atom stereocenters. The van der Waals surface area contributed by atoms with Crippen molar-refractivity contribution >= 4 is 11.6 Å². The summed E-state index contributed by atoms with van der Waals surface area (Å²) < 4.78 is 10.7. The second kappa shape index (κ2) is 6.83. The predicted molar refractivity (Wildman–Crippen MR) is 81.4 cm³/mol. The van der Waals surface area contributed by atoms with Gasteiger partial charge in [-0.3, -0.25) is 4.79 Å². The maximum Gasteiger partial charge on any atom is 0.251 e. The third-order valence-electron chi connectivity index (χ3n) is 2.97. The average Bonchev–Trinajstić information content (AvgIpc) is 2.91. The lowest BCUT2D eigenvalue weighted by Crippen LogP contribution is -2.34. The summed E-state index contributed by atoms with van der Waals surface area (Å²) in [7, 11) is 0. The van der Waals surface area contributed by atoms with E-state index in [1.54, 1.807) is 24.5 Å². The van der Waals surface area contributed by atoms with E-state index in [0.29, 0.717) is 30.0 Å². The maximum absolute atomic E-state index is 12.2. The van der Waals surface area contributed by atoms with Gasteiger partial charge in [0.1, 0.15) is 11.5 Å². The summed E-state index contributed by atoms with van der Waals surface area (Å²) in [5, 5.41) is 2.92. The minimum absolute atomic E-state index is 0.0411. The molecule has 1 aromatic carbocycles. The molecule has 0 bridgehead atoms. The van der Waals surface area contributed by atoms with E-state index in [2.05, 4.69) is 5.32 Å². The molecule has 0 fully saturated rings. The van der Waals surface area contributed by atoms with Crippen LogP contribution in [0.3, 0.4) is 0 Å². The Morgan fingerprint density at radius 2 is 2.24 bits per heavy atom. The van der Waals surface area contributed by atoms with Crippen molar-refractivity contribution < 1.29 is 13.9 Å². The molecule has 2 aromatic rings. The number of hydrogen-bond acceptors (Lipinski definition) is 4. The maximum atomic E-state index is 12.2. The van der Waals surface area contributed by atoms with E-state index in [4.69, 9.17) is 14.9 Å². The molecule has 1 unspecified atom stereocenters. The Bertz CT molecular complexity index is 594. The lowest BCUT2D eigenvalue weighted by Gasteiger charge is -2.14. The summed E-state index contributed by atoms with van der Waals surface area (Å²) >= 11 is 0. The molecule has 1 heterocycles. The van der Waals surface area contributed by atoms with Gasteiger partial charge in [0.2, 0.25) is 0 Å². The highest BCUT2D eigenvalue weighted by Crippen LogP contribution is 2.19. The predicted octanol–water partition coefficient (Wildman–Crippen LogP) is 2.62. The monoisotopic (exact) mass is 288 g/mol. The molecule has 112 valence electrons. The van der Waals surface area contributed by atoms with Gasteiger partial charge in [-0.2, -0.15) is 0 Å². The number of nitrogens with one attached hydrogen (secondary N) is 1. The number of anilines is 1. The zero-order valence-electron chi connectivity index (χ0n) is 12.3. The number of benzene rings is 1. The van der Waals surface area contributed by atoms with Crippen LogP contribution in [0.2, 0.25) is 0 Å². The average molecular weight is 288 g/mol. The zero-order valence-corrected chi connectivity index (χ0v) is 12.3. The Balaban J connectivity index is 2.02. The van der Waals surface area contributed by atoms with E-state index in [1.807, 2.05) is 26.0 Å². The molecule has 0 aliphatic rings. The van der Waals surface area contributed by atoms with Crippen molar-refractivity contribution in [3.05, 3.63) is 47.9 Å². The fourth-order valence-electron chi connectivity index (χ4n) is 2.09. The van der Waals surface area contributed by atoms with Crippen LogP contribution in [0.4, 0.5) is 5.69 Å². The molecule has 0 saturated heterocycles. The van der Waals surface area contributed by atoms with E-state index < -0.39 is 0 Å². The molecule has 0 radical (unpaired) electrons. The normalized spacial score (nSPS) is 11.9. The number of carbonyl (C=O) groups excluding carboxylic acids is 1. The van der Waals surface area contributed by atoms with Crippen LogP contribution in [0.1, 0.15) is 30.0 Å². The van der Waals surface area contributed by atoms with Crippen LogP contribution in [-0.2, 0) is 6.42 Å². The van der Waals surface area contributed by atoms with Gasteiger partial charge in [0.25, 0.3) is 5.91 Å². The van der Waals surface area contributed by atoms with Crippen LogP contribution in [-0.4, -0.2) is 18.6 Å². The van der Waals surface area contributed by atoms with Gasteiger partial charge in [-0.05, 0) is 38.1 Å². The molecule has 2 rings (SSSR count). The first-order chi connectivity index (χ1) is 10.1. The Hall–Kier alpha value is -2.43. The molecule has 0 spiro atoms. The van der Waals surface area contributed by atoms with Gasteiger partial charge >= 0.3 is 0 Å². The number of nitrogen functional groups attached to an aromatic ring is 1. The summed E-state index contributed by atoms with van der Waals surface area (Å²) in [6.45, 7) is 4.34. The summed E-state index contributed by atoms with van der Waals surface area (Å²) in [6, 6.07) is 8.70. The minimum atomic E-state index is -0.178. The first kappa shape index (κ1) is 15.0. The lowest BCUT2D eigenvalue weighted by atomic mass is 10.1. The molecular formula is C16H20N2O3. The number of ether oxygens (including phenoxy) is 1. The molecule has 21 heavy (non-hydrogen) atoms. The van der Waals surface area contributed by atoms with Gasteiger partial charge < -0.3 is 20.2 Å². The smallest absolute Gasteiger partial charge is 0.251 e. The standard InChI is InChI=1S/C16H20N2O3/c1-3-20-15-9-12(8-13(17)10-15)16(19)18-11(2)7-14-5-4-6-21-14/h4-6,8-11H,3,7,17H2,1-2H3,(H,18,19). The second-order valence-corrected chi connectivity index (χ2v) is 4.88. The van der Waals surface area contributed by atoms with Crippen molar-refractivity contribution in [3.8, 4) is 5.75 Å². The molecule has 1 amide bonds. The molecule has 0 aliphatic carbocycles. The number of hydrogen-bond donors (Lipinski definition) is 2. The summed E-state index contributed by atoms with van der Waals surface area (Å²) in [5.74, 6) is 1.26. The van der Waals surface area contributed by atoms with Gasteiger partial charge in [-0.15, -0.1) is 0 Å². The first-order valence-corrected chi connectivity index (χ1v) is 6.95. The highest BCUT2D eigenvalue weighted by atomic mass is 16.5. The second-order valence-electron chi connectivity index (χ2n) is 4.88. The van der Waals surface area contributed by atoms with Crippen LogP contribution < -0.4 is 15.8 Å². The quantitative estimate of drug-likeness (QED) is 0.801. The van der Waals surface area contributed by atoms with Crippen molar-refractivity contribution in [3.63, 3.8) is 0 Å². The third-order valence-corrected chi connectivity index (χ3v) is 2.97. The summed E-state index contributed by atoms with van der Waals surface area (Å²) in [6.07, 6.45) is 2.26. The van der Waals surface area contributed by atoms with Gasteiger partial charge in [-0.1, -0.05) is 0 Å². The molecule has 0 saturated carbocycles. The highest BCUT2D eigenvalue weighted by molar-refractivity contribution is 5.95. The minimum Gasteiger partial charge on any atom is -0.494 e. The van der Waals surface area contributed by atoms with Gasteiger partial charge in [0, 0.05) is 29.8 Å². The Morgan fingerprint density at radius 3 is 2.90 bits per heavy atom. The number of carbonyl (C=O) groups is 1. The van der Waals surface area contributed by atoms with Gasteiger partial charge in [-0.25, -0.2) is 0 Å². The zero-order chi connectivity index (χ0) is 15.2. The fraction of sp³-hybridized carbons (Fsp3) is 0.312. The first-order valence-electron chi connectivity index (χ1n) is 6.95. The van der Waals surface area contributed by atoms with Gasteiger partial charge in [0.05, 0.1) is 12.9 Å². The number of nitrogens with two attached hydrogens (primary N) is 1. The van der Waals surface area contributed by atoms with E-state index in [0.717, 1.165) is 5.76 Å². The van der Waals surface area contributed by atoms with E-state index >= 15 is 0 Å². The summed E-state index contributed by atoms with van der Waals surface area (Å²) in [4.78, 5) is 12.2. The third kappa shape index (κ3) is 4.27. The summed E-state index contributed by atoms with van der Waals surface area (Å²) in [5.41, 5.74) is 6.79. The van der Waals surface area contributed by atoms with Gasteiger partial charge in [0.15, 0.2) is 0 Å². The molecule has 5 nitrogen and oxygen atoms in total. The Morgan fingerprint density at radius 1 is 1.43 bits per heavy atom. The molecule has 0 aliphatic heterocycles. The highest BCUT2D eigenvalue weighted by Gasteiger charge is 2.13. The largest absolute Gasteiger partial charge is 0.494 e. The van der Waals surface area contributed by atoms with Crippen LogP contribution in [0.25, 0.3) is 0 Å².